The number of guanidine groups is 1. The van der Waals surface area contributed by atoms with Crippen molar-refractivity contribution in [3.05, 3.63) is 36.1 Å². The number of para-hydroxylation sites is 1. The second kappa shape index (κ2) is 7.51. The van der Waals surface area contributed by atoms with Gasteiger partial charge in [-0.1, -0.05) is 25.1 Å². The van der Waals surface area contributed by atoms with Crippen molar-refractivity contribution in [2.24, 2.45) is 4.99 Å². The van der Waals surface area contributed by atoms with Crippen LogP contribution in [0, 0.1) is 0 Å². The third kappa shape index (κ3) is 3.85. The lowest BCUT2D eigenvalue weighted by Gasteiger charge is -2.23. The van der Waals surface area contributed by atoms with E-state index in [4.69, 9.17) is 4.42 Å². The number of hydrogen-bond acceptors (Lipinski definition) is 3. The summed E-state index contributed by atoms with van der Waals surface area (Å²) >= 11 is 0. The van der Waals surface area contributed by atoms with Crippen LogP contribution in [0.2, 0.25) is 0 Å². The normalized spacial score (nSPS) is 19.4. The molecule has 2 N–H and O–H groups in total. The molecule has 1 unspecified atom stereocenters. The highest BCUT2D eigenvalue weighted by atomic mass is 16.3. The molecule has 1 aromatic heterocycles. The van der Waals surface area contributed by atoms with E-state index in [0.717, 1.165) is 35.8 Å². The predicted molar refractivity (Wildman–Crippen MR) is 94.7 cm³/mol. The van der Waals surface area contributed by atoms with Crippen LogP contribution in [0.1, 0.15) is 25.5 Å². The Morgan fingerprint density at radius 1 is 1.35 bits per heavy atom. The number of aliphatic imine (C=N–C) groups is 1. The van der Waals surface area contributed by atoms with Crippen molar-refractivity contribution < 1.29 is 4.42 Å². The van der Waals surface area contributed by atoms with Crippen LogP contribution in [0.25, 0.3) is 11.0 Å². The number of nitrogens with zero attached hydrogens (tertiary/aromatic N) is 2. The Hall–Kier alpha value is -2.01. The molecule has 3 rings (SSSR count). The molecule has 1 saturated heterocycles. The number of likely N-dealkylation sites (N-methyl/N-ethyl adjacent to an activating group) is 1. The first kappa shape index (κ1) is 15.9. The summed E-state index contributed by atoms with van der Waals surface area (Å²) in [6.45, 7) is 6.14. The van der Waals surface area contributed by atoms with E-state index >= 15 is 0 Å². The fourth-order valence-corrected chi connectivity index (χ4v) is 3.27. The van der Waals surface area contributed by atoms with Crippen LogP contribution in [0.3, 0.4) is 0 Å². The highest BCUT2D eigenvalue weighted by Gasteiger charge is 2.22. The van der Waals surface area contributed by atoms with Gasteiger partial charge in [-0.05, 0) is 38.1 Å². The molecule has 2 heterocycles. The van der Waals surface area contributed by atoms with Gasteiger partial charge in [-0.25, -0.2) is 0 Å². The van der Waals surface area contributed by atoms with Crippen molar-refractivity contribution in [3.8, 4) is 0 Å². The van der Waals surface area contributed by atoms with Crippen molar-refractivity contribution in [1.29, 1.82) is 0 Å². The van der Waals surface area contributed by atoms with E-state index in [9.17, 15) is 0 Å². The van der Waals surface area contributed by atoms with Crippen molar-refractivity contribution >= 4 is 16.9 Å². The first-order chi connectivity index (χ1) is 11.3. The summed E-state index contributed by atoms with van der Waals surface area (Å²) in [4.78, 5) is 6.83. The fourth-order valence-electron chi connectivity index (χ4n) is 3.27. The first-order valence-corrected chi connectivity index (χ1v) is 8.46. The average Bonchev–Trinajstić information content (AvgIpc) is 3.20. The molecule has 1 aliphatic heterocycles. The standard InChI is InChI=1S/C18H26N4O/c1-3-22-10-6-8-15(22)12-20-18(19-2)21-13-16-11-14-7-4-5-9-17(14)23-16/h4-5,7,9,11,15H,3,6,8,10,12-13H2,1-2H3,(H2,19,20,21). The zero-order valence-corrected chi connectivity index (χ0v) is 14.0. The lowest BCUT2D eigenvalue weighted by atomic mass is 10.2. The van der Waals surface area contributed by atoms with Crippen LogP contribution in [0.15, 0.2) is 39.7 Å². The quantitative estimate of drug-likeness (QED) is 0.658. The predicted octanol–water partition coefficient (Wildman–Crippen LogP) is 2.58. The molecule has 0 saturated carbocycles. The number of hydrogen-bond donors (Lipinski definition) is 2. The van der Waals surface area contributed by atoms with Gasteiger partial charge in [0, 0.05) is 25.0 Å². The lowest BCUT2D eigenvalue weighted by molar-refractivity contribution is 0.267. The summed E-state index contributed by atoms with van der Waals surface area (Å²) in [5.41, 5.74) is 0.928. The molecule has 0 radical (unpaired) electrons. The van der Waals surface area contributed by atoms with E-state index < -0.39 is 0 Å². The Balaban J connectivity index is 1.51. The molecule has 5 heteroatoms. The van der Waals surface area contributed by atoms with Gasteiger partial charge in [-0.2, -0.15) is 0 Å². The molecule has 0 spiro atoms. The van der Waals surface area contributed by atoms with Gasteiger partial charge in [0.2, 0.25) is 0 Å². The maximum Gasteiger partial charge on any atom is 0.191 e. The summed E-state index contributed by atoms with van der Waals surface area (Å²) < 4.78 is 5.82. The fraction of sp³-hybridized carbons (Fsp3) is 0.500. The molecule has 1 fully saturated rings. The lowest BCUT2D eigenvalue weighted by Crippen LogP contribution is -2.44. The van der Waals surface area contributed by atoms with Gasteiger partial charge in [0.25, 0.3) is 0 Å². The Kier molecular flexibility index (Phi) is 5.18. The van der Waals surface area contributed by atoms with Gasteiger partial charge in [0.05, 0.1) is 6.54 Å². The van der Waals surface area contributed by atoms with Crippen LogP contribution >= 0.6 is 0 Å². The molecule has 1 aromatic carbocycles. The SMILES string of the molecule is CCN1CCCC1CNC(=NC)NCc1cc2ccccc2o1. The van der Waals surface area contributed by atoms with Crippen LogP contribution in [0.5, 0.6) is 0 Å². The monoisotopic (exact) mass is 314 g/mol. The number of furan rings is 1. The third-order valence-electron chi connectivity index (χ3n) is 4.54. The largest absolute Gasteiger partial charge is 0.459 e. The second-order valence-electron chi connectivity index (χ2n) is 5.98. The minimum absolute atomic E-state index is 0.616. The summed E-state index contributed by atoms with van der Waals surface area (Å²) in [7, 11) is 1.81. The number of fused-ring (bicyclic) bond motifs is 1. The maximum absolute atomic E-state index is 5.82. The smallest absolute Gasteiger partial charge is 0.191 e. The number of likely N-dealkylation sites (tertiary alicyclic amines) is 1. The van der Waals surface area contributed by atoms with Gasteiger partial charge in [0.15, 0.2) is 5.96 Å². The van der Waals surface area contributed by atoms with Crippen LogP contribution in [-0.4, -0.2) is 43.6 Å². The van der Waals surface area contributed by atoms with E-state index in [-0.39, 0.29) is 0 Å². The number of nitrogens with one attached hydrogen (secondary N) is 2. The van der Waals surface area contributed by atoms with Crippen molar-refractivity contribution in [2.45, 2.75) is 32.4 Å². The molecule has 2 aromatic rings. The van der Waals surface area contributed by atoms with Crippen molar-refractivity contribution in [1.82, 2.24) is 15.5 Å². The molecule has 23 heavy (non-hydrogen) atoms. The highest BCUT2D eigenvalue weighted by molar-refractivity contribution is 5.80. The zero-order chi connectivity index (χ0) is 16.1. The molecular weight excluding hydrogens is 288 g/mol. The number of benzene rings is 1. The van der Waals surface area contributed by atoms with Gasteiger partial charge >= 0.3 is 0 Å². The van der Waals surface area contributed by atoms with Crippen LogP contribution in [0.4, 0.5) is 0 Å². The summed E-state index contributed by atoms with van der Waals surface area (Å²) in [6, 6.07) is 10.8. The Morgan fingerprint density at radius 3 is 3.00 bits per heavy atom. The molecule has 0 aliphatic carbocycles. The number of rotatable bonds is 5. The molecule has 124 valence electrons. The first-order valence-electron chi connectivity index (χ1n) is 8.46. The van der Waals surface area contributed by atoms with Gasteiger partial charge in [-0.3, -0.25) is 9.89 Å². The average molecular weight is 314 g/mol. The van der Waals surface area contributed by atoms with E-state index in [2.05, 4.69) is 39.6 Å². The van der Waals surface area contributed by atoms with E-state index in [1.54, 1.807) is 7.05 Å². The van der Waals surface area contributed by atoms with Gasteiger partial charge < -0.3 is 15.1 Å². The van der Waals surface area contributed by atoms with Crippen molar-refractivity contribution in [3.63, 3.8) is 0 Å². The topological polar surface area (TPSA) is 52.8 Å². The van der Waals surface area contributed by atoms with E-state index in [0.29, 0.717) is 12.6 Å². The molecular formula is C18H26N4O. The summed E-state index contributed by atoms with van der Waals surface area (Å²) in [5.74, 6) is 1.75. The van der Waals surface area contributed by atoms with E-state index in [1.165, 1.54) is 19.4 Å². The van der Waals surface area contributed by atoms with Crippen LogP contribution in [-0.2, 0) is 6.54 Å². The van der Waals surface area contributed by atoms with Crippen LogP contribution < -0.4 is 10.6 Å². The Bertz CT molecular complexity index is 631. The second-order valence-corrected chi connectivity index (χ2v) is 5.98. The van der Waals surface area contributed by atoms with Crippen molar-refractivity contribution in [2.75, 3.05) is 26.7 Å². The maximum atomic E-state index is 5.82. The molecule has 5 nitrogen and oxygen atoms in total. The minimum atomic E-state index is 0.616. The van der Waals surface area contributed by atoms with Gasteiger partial charge in [0.1, 0.15) is 11.3 Å². The Labute approximate surface area is 137 Å². The minimum Gasteiger partial charge on any atom is -0.459 e. The Morgan fingerprint density at radius 2 is 2.22 bits per heavy atom. The highest BCUT2D eigenvalue weighted by Crippen LogP contribution is 2.18. The summed E-state index contributed by atoms with van der Waals surface area (Å²) in [5, 5.41) is 7.90. The summed E-state index contributed by atoms with van der Waals surface area (Å²) in [6.07, 6.45) is 2.56. The van der Waals surface area contributed by atoms with Gasteiger partial charge in [-0.15, -0.1) is 0 Å². The molecule has 1 atom stereocenters. The molecule has 1 aliphatic rings. The third-order valence-corrected chi connectivity index (χ3v) is 4.54. The zero-order valence-electron chi connectivity index (χ0n) is 14.0. The molecule has 0 amide bonds. The molecule has 0 bridgehead atoms. The van der Waals surface area contributed by atoms with E-state index in [1.807, 2.05) is 18.2 Å².